The van der Waals surface area contributed by atoms with Crippen LogP contribution in [0.5, 0.6) is 0 Å². The van der Waals surface area contributed by atoms with E-state index < -0.39 is 11.7 Å². The molecule has 14 aromatic rings. The molecule has 0 unspecified atom stereocenters. The van der Waals surface area contributed by atoms with Gasteiger partial charge in [0.1, 0.15) is 5.56 Å². The number of benzene rings is 8. The lowest BCUT2D eigenvalue weighted by Crippen LogP contribution is -2.16. The number of nitriles is 1. The van der Waals surface area contributed by atoms with E-state index in [0.29, 0.717) is 38.8 Å². The number of nitrogens with zero attached hydrogens (tertiary/aromatic N) is 7. The average molecular weight is 1190 g/mol. The lowest BCUT2D eigenvalue weighted by Gasteiger charge is -2.23. The van der Waals surface area contributed by atoms with Crippen molar-refractivity contribution in [3.63, 3.8) is 0 Å². The highest BCUT2D eigenvalue weighted by Crippen LogP contribution is 2.47. The maximum absolute atomic E-state index is 17.7. The standard InChI is InChI=1S/C82H52F3N7/c83-82(84,85)81-79(91-75-41-58(62-28-36-71(87-48-62)53-15-5-1-6-16-53)24-32-67(75)68-33-25-59(42-76(68)91)63-29-37-72(88-49-63)54-17-7-2-8-18-54)45-66(57-23-13-14-52(40-57)47-86)46-80(81)92-77-43-60(64-30-38-73(89-50-64)55-19-9-3-10-20-55)26-34-69(77)70-35-27-61(44-78(70)92)65-31-39-74(90-51-65)56-21-11-4-12-22-56/h1-19,21,23-46,48-51H,20,22H2. The van der Waals surface area contributed by atoms with Gasteiger partial charge >= 0.3 is 6.18 Å². The summed E-state index contributed by atoms with van der Waals surface area (Å²) >= 11 is 0. The maximum Gasteiger partial charge on any atom is 0.420 e. The molecular formula is C82H52F3N7. The van der Waals surface area contributed by atoms with E-state index in [0.717, 1.165) is 122 Å². The predicted molar refractivity (Wildman–Crippen MR) is 363 cm³/mol. The first-order valence-corrected chi connectivity index (χ1v) is 30.5. The van der Waals surface area contributed by atoms with E-state index in [2.05, 4.69) is 30.4 Å². The summed E-state index contributed by atoms with van der Waals surface area (Å²) in [5, 5.41) is 18.3. The molecule has 16 rings (SSSR count). The fraction of sp³-hybridized carbons (Fsp3) is 0.0366. The normalized spacial score (nSPS) is 15.0. The third-order valence-electron chi connectivity index (χ3n) is 17.7. The van der Waals surface area contributed by atoms with E-state index in [-0.39, 0.29) is 11.4 Å². The van der Waals surface area contributed by atoms with Crippen LogP contribution in [0.1, 0.15) is 24.0 Å². The Labute approximate surface area is 526 Å². The number of aromatic nitrogens is 6. The molecule has 10 heteroatoms. The molecule has 0 aliphatic heterocycles. The molecule has 0 bridgehead atoms. The van der Waals surface area contributed by atoms with Crippen LogP contribution in [0.3, 0.4) is 0 Å². The number of alkyl halides is 3. The van der Waals surface area contributed by atoms with Gasteiger partial charge in [-0.1, -0.05) is 194 Å². The second-order valence-electron chi connectivity index (χ2n) is 23.2. The number of rotatable bonds is 7. The molecule has 0 N–H and O–H groups in total. The zero-order valence-electron chi connectivity index (χ0n) is 49.4. The quantitative estimate of drug-likeness (QED) is 0.159. The van der Waals surface area contributed by atoms with Crippen molar-refractivity contribution in [1.29, 1.82) is 5.26 Å². The molecule has 0 atom stereocenters. The van der Waals surface area contributed by atoms with E-state index in [4.69, 9.17) is 19.9 Å². The number of hydrogen-bond acceptors (Lipinski definition) is 5. The summed E-state index contributed by atoms with van der Waals surface area (Å²) in [6.45, 7) is 0. The van der Waals surface area contributed by atoms with Gasteiger partial charge in [-0.25, -0.2) is 0 Å². The Bertz CT molecular complexity index is 5510. The molecule has 0 saturated heterocycles. The summed E-state index contributed by atoms with van der Waals surface area (Å²) in [6.07, 6.45) is 20.2. The second kappa shape index (κ2) is 22.8. The molecule has 8 aromatic carbocycles. The molecule has 436 valence electrons. The van der Waals surface area contributed by atoms with Crippen molar-refractivity contribution in [3.05, 3.63) is 334 Å². The molecule has 92 heavy (non-hydrogen) atoms. The van der Waals surface area contributed by atoms with E-state index >= 15 is 13.2 Å². The Morgan fingerprint density at radius 2 is 0.793 bits per heavy atom. The zero-order valence-corrected chi connectivity index (χ0v) is 49.4. The van der Waals surface area contributed by atoms with Crippen molar-refractivity contribution < 1.29 is 13.2 Å². The smallest absolute Gasteiger partial charge is 0.308 e. The summed E-state index contributed by atoms with van der Waals surface area (Å²) in [6, 6.07) is 72.5. The SMILES string of the molecule is N#Cc1cccc(-c2cc(-n3c4cc(-c5ccc(-c6ccccc6)nc5)ccc4c4ccc(-c5ccc(-c6ccccc6)nc5)cc43)c(C(F)(F)F)c(-n3c4cc(=c5ccc(=C6C=CC=CC6)nc5)ccc4c4ccc(=c5ccc(=C6C=CC=CC6)nc5)cc43)c2)c1. The molecule has 0 radical (unpaired) electrons. The monoisotopic (exact) mass is 1190 g/mol. The van der Waals surface area contributed by atoms with Crippen LogP contribution in [0.2, 0.25) is 0 Å². The van der Waals surface area contributed by atoms with Crippen molar-refractivity contribution >= 4 is 54.8 Å². The van der Waals surface area contributed by atoms with Crippen molar-refractivity contribution in [3.8, 4) is 73.3 Å². The molecular weight excluding hydrogens is 1140 g/mol. The molecule has 7 nitrogen and oxygen atoms in total. The summed E-state index contributed by atoms with van der Waals surface area (Å²) in [5.41, 5.74) is 11.4. The van der Waals surface area contributed by atoms with Crippen LogP contribution in [0.25, 0.3) is 122 Å². The van der Waals surface area contributed by atoms with Crippen molar-refractivity contribution in [2.24, 2.45) is 0 Å². The molecule has 0 spiro atoms. The minimum Gasteiger partial charge on any atom is -0.308 e. The predicted octanol–water partition coefficient (Wildman–Crippen LogP) is 18.6. The Balaban J connectivity index is 1.01. The molecule has 2 aliphatic rings. The molecule has 0 saturated carbocycles. The van der Waals surface area contributed by atoms with Crippen molar-refractivity contribution in [2.45, 2.75) is 19.0 Å². The number of fused-ring (bicyclic) bond motifs is 6. The molecule has 6 heterocycles. The fourth-order valence-corrected chi connectivity index (χ4v) is 13.1. The molecule has 2 aliphatic carbocycles. The summed E-state index contributed by atoms with van der Waals surface area (Å²) in [7, 11) is 0. The highest BCUT2D eigenvalue weighted by Gasteiger charge is 2.40. The fourth-order valence-electron chi connectivity index (χ4n) is 13.1. The van der Waals surface area contributed by atoms with Crippen LogP contribution in [-0.4, -0.2) is 29.1 Å². The van der Waals surface area contributed by atoms with Gasteiger partial charge in [0.25, 0.3) is 0 Å². The third-order valence-corrected chi connectivity index (χ3v) is 17.7. The lowest BCUT2D eigenvalue weighted by molar-refractivity contribution is -0.137. The first-order chi connectivity index (χ1) is 45.2. The van der Waals surface area contributed by atoms with Gasteiger partial charge in [-0.05, 0) is 129 Å². The van der Waals surface area contributed by atoms with E-state index in [9.17, 15) is 5.26 Å². The largest absolute Gasteiger partial charge is 0.420 e. The van der Waals surface area contributed by atoms with Crippen molar-refractivity contribution in [2.75, 3.05) is 0 Å². The highest BCUT2D eigenvalue weighted by molar-refractivity contribution is 6.12. The van der Waals surface area contributed by atoms with E-state index in [1.165, 1.54) is 0 Å². The van der Waals surface area contributed by atoms with Gasteiger partial charge in [0, 0.05) is 79.0 Å². The van der Waals surface area contributed by atoms with E-state index in [1.54, 1.807) is 39.5 Å². The lowest BCUT2D eigenvalue weighted by atomic mass is 9.97. The van der Waals surface area contributed by atoms with Gasteiger partial charge in [-0.3, -0.25) is 19.9 Å². The molecule has 0 amide bonds. The Morgan fingerprint density at radius 1 is 0.359 bits per heavy atom. The van der Waals surface area contributed by atoms with Gasteiger partial charge in [-0.2, -0.15) is 18.4 Å². The minimum atomic E-state index is -4.98. The van der Waals surface area contributed by atoms with Crippen LogP contribution in [-0.2, 0) is 6.18 Å². The van der Waals surface area contributed by atoms with Gasteiger partial charge in [-0.15, -0.1) is 0 Å². The van der Waals surface area contributed by atoms with Gasteiger partial charge in [0.15, 0.2) is 0 Å². The number of hydrogen-bond donors (Lipinski definition) is 0. The first kappa shape index (κ1) is 55.3. The van der Waals surface area contributed by atoms with Gasteiger partial charge in [0.2, 0.25) is 0 Å². The Kier molecular flexibility index (Phi) is 13.7. The summed E-state index contributed by atoms with van der Waals surface area (Å²) < 4.78 is 56.8. The number of pyridine rings is 4. The third kappa shape index (κ3) is 10.1. The highest BCUT2D eigenvalue weighted by atomic mass is 19.4. The molecule has 0 fully saturated rings. The average Bonchev–Trinajstić information content (AvgIpc) is 1.53. The summed E-state index contributed by atoms with van der Waals surface area (Å²) in [4.78, 5) is 19.6. The minimum absolute atomic E-state index is 0.102. The Hall–Kier alpha value is -12.1. The zero-order chi connectivity index (χ0) is 61.9. The van der Waals surface area contributed by atoms with Gasteiger partial charge < -0.3 is 9.13 Å². The van der Waals surface area contributed by atoms with Crippen LogP contribution in [0.4, 0.5) is 13.2 Å². The van der Waals surface area contributed by atoms with Crippen LogP contribution in [0, 0.1) is 32.2 Å². The number of halogens is 3. The maximum atomic E-state index is 17.7. The second-order valence-corrected chi connectivity index (χ2v) is 23.2. The topological polar surface area (TPSA) is 85.2 Å². The van der Waals surface area contributed by atoms with Crippen LogP contribution >= 0.6 is 0 Å². The molecule has 6 aromatic heterocycles. The van der Waals surface area contributed by atoms with Crippen LogP contribution < -0.4 is 10.7 Å². The summed E-state index contributed by atoms with van der Waals surface area (Å²) in [5.74, 6) is 0. The first-order valence-electron chi connectivity index (χ1n) is 30.5. The van der Waals surface area contributed by atoms with E-state index in [1.807, 2.05) is 237 Å². The Morgan fingerprint density at radius 3 is 1.21 bits per heavy atom. The number of allylic oxidation sites excluding steroid dienone is 8. The van der Waals surface area contributed by atoms with Gasteiger partial charge in [0.05, 0.1) is 67.2 Å². The van der Waals surface area contributed by atoms with Crippen molar-refractivity contribution in [1.82, 2.24) is 29.1 Å². The van der Waals surface area contributed by atoms with Crippen LogP contribution in [0.15, 0.2) is 292 Å².